The van der Waals surface area contributed by atoms with E-state index in [9.17, 15) is 4.79 Å². The van der Waals surface area contributed by atoms with Crippen molar-refractivity contribution in [3.8, 4) is 0 Å². The molecule has 4 heteroatoms. The van der Waals surface area contributed by atoms with Gasteiger partial charge in [0, 0.05) is 65.4 Å². The predicted molar refractivity (Wildman–Crippen MR) is 102 cm³/mol. The predicted octanol–water partition coefficient (Wildman–Crippen LogP) is 6.23. The van der Waals surface area contributed by atoms with Crippen molar-refractivity contribution in [1.82, 2.24) is 0 Å². The van der Waals surface area contributed by atoms with E-state index in [-0.39, 0.29) is 76.8 Å². The van der Waals surface area contributed by atoms with Crippen LogP contribution in [0.5, 0.6) is 0 Å². The second-order valence-corrected chi connectivity index (χ2v) is 9.83. The molecule has 1 heterocycles. The molecule has 0 bridgehead atoms. The molecular weight excluding hydrogens is 486 g/mol. The van der Waals surface area contributed by atoms with Gasteiger partial charge >= 0.3 is 0 Å². The van der Waals surface area contributed by atoms with Crippen LogP contribution in [-0.4, -0.2) is 6.29 Å². The van der Waals surface area contributed by atoms with Gasteiger partial charge in [0.1, 0.15) is 0 Å². The fourth-order valence-electron chi connectivity index (χ4n) is 6.83. The molecule has 0 amide bonds. The summed E-state index contributed by atoms with van der Waals surface area (Å²) >= 11 is 0. The molecule has 4 unspecified atom stereocenters. The minimum absolute atomic E-state index is 0. The molecule has 0 aromatic carbocycles. The molecule has 2 fully saturated rings. The van der Waals surface area contributed by atoms with Crippen molar-refractivity contribution in [2.75, 3.05) is 0 Å². The van der Waals surface area contributed by atoms with E-state index in [1.54, 1.807) is 6.26 Å². The summed E-state index contributed by atoms with van der Waals surface area (Å²) in [5.74, 6) is 3.13. The van der Waals surface area contributed by atoms with Crippen molar-refractivity contribution < 1.29 is 74.6 Å². The Morgan fingerprint density at radius 1 is 1.26 bits per heavy atom. The van der Waals surface area contributed by atoms with E-state index in [0.717, 1.165) is 24.7 Å². The Morgan fingerprint density at radius 3 is 2.48 bits per heavy atom. The van der Waals surface area contributed by atoms with E-state index in [1.165, 1.54) is 18.4 Å². The third-order valence-corrected chi connectivity index (χ3v) is 8.46. The first kappa shape index (κ1) is 26.2. The number of carbonyl (C=O) groups excluding carboxylic acids is 1. The molecule has 2 saturated carbocycles. The average molecular weight is 521 g/mol. The summed E-state index contributed by atoms with van der Waals surface area (Å²) in [5.41, 5.74) is 1.60. The normalized spacial score (nSPS) is 42.2. The summed E-state index contributed by atoms with van der Waals surface area (Å²) in [7, 11) is 0. The van der Waals surface area contributed by atoms with Gasteiger partial charge in [0.2, 0.25) is 0 Å². The Labute approximate surface area is 216 Å². The first-order chi connectivity index (χ1) is 11.7. The molecule has 0 aliphatic heterocycles. The Hall–Kier alpha value is 1.16. The zero-order valence-electron chi connectivity index (χ0n) is 18.0. The van der Waals surface area contributed by atoms with Crippen molar-refractivity contribution in [3.05, 3.63) is 24.2 Å². The molecule has 2 aliphatic carbocycles. The van der Waals surface area contributed by atoms with E-state index >= 15 is 0 Å². The molecule has 2 aliphatic rings. The SMILES string of the molecule is CC(C[C@]1(C)C2C(C)C(C)C[C@@H](C)[C@]2(C)CC[C@H]1[C-]=O)c1ccoc1.[Y].[Y]. The summed E-state index contributed by atoms with van der Waals surface area (Å²) in [6, 6.07) is 2.07. The van der Waals surface area contributed by atoms with Gasteiger partial charge < -0.3 is 9.21 Å². The fraction of sp³-hybridized carbons (Fsp3) is 0.783. The molecule has 27 heavy (non-hydrogen) atoms. The Bertz CT molecular complexity index is 602. The van der Waals surface area contributed by atoms with Crippen molar-refractivity contribution in [1.29, 1.82) is 0 Å². The molecule has 1 aromatic rings. The second kappa shape index (κ2) is 9.98. The van der Waals surface area contributed by atoms with E-state index in [2.05, 4.69) is 53.9 Å². The van der Waals surface area contributed by atoms with E-state index in [0.29, 0.717) is 23.2 Å². The molecule has 8 atom stereocenters. The van der Waals surface area contributed by atoms with Crippen LogP contribution in [0.25, 0.3) is 0 Å². The maximum Gasteiger partial charge on any atom is 0.0937 e. The number of furan rings is 1. The number of fused-ring (bicyclic) bond motifs is 1. The molecule has 0 N–H and O–H groups in total. The van der Waals surface area contributed by atoms with Gasteiger partial charge in [0.15, 0.2) is 0 Å². The summed E-state index contributed by atoms with van der Waals surface area (Å²) in [5, 5.41) is 0. The smallest absolute Gasteiger partial charge is 0.0937 e. The molecule has 146 valence electrons. The van der Waals surface area contributed by atoms with Crippen LogP contribution in [0.1, 0.15) is 78.7 Å². The van der Waals surface area contributed by atoms with Gasteiger partial charge in [0.05, 0.1) is 12.5 Å². The van der Waals surface area contributed by atoms with Gasteiger partial charge in [-0.2, -0.15) is 0 Å². The summed E-state index contributed by atoms with van der Waals surface area (Å²) in [6.45, 7) is 14.5. The Morgan fingerprint density at radius 2 is 1.93 bits per heavy atom. The van der Waals surface area contributed by atoms with Crippen LogP contribution in [0.3, 0.4) is 0 Å². The van der Waals surface area contributed by atoms with Crippen LogP contribution in [0.2, 0.25) is 0 Å². The monoisotopic (exact) mass is 521 g/mol. The van der Waals surface area contributed by atoms with Gasteiger partial charge in [0.25, 0.3) is 0 Å². The minimum atomic E-state index is 0. The van der Waals surface area contributed by atoms with Crippen LogP contribution >= 0.6 is 0 Å². The number of rotatable bonds is 4. The Kier molecular flexibility index (Phi) is 9.68. The topological polar surface area (TPSA) is 30.2 Å². The Balaban J connectivity index is 0.00000182. The van der Waals surface area contributed by atoms with Gasteiger partial charge in [-0.1, -0.05) is 48.0 Å². The van der Waals surface area contributed by atoms with Gasteiger partial charge in [-0.15, -0.1) is 5.92 Å². The average Bonchev–Trinajstić information content (AvgIpc) is 3.08. The number of hydrogen-bond acceptors (Lipinski definition) is 2. The van der Waals surface area contributed by atoms with Crippen LogP contribution in [0, 0.1) is 40.4 Å². The maximum absolute atomic E-state index is 11.9. The third-order valence-electron chi connectivity index (χ3n) is 8.46. The zero-order chi connectivity index (χ0) is 18.4. The maximum atomic E-state index is 11.9. The first-order valence-corrected chi connectivity index (χ1v) is 10.1. The molecule has 0 saturated heterocycles. The molecule has 2 radical (unpaired) electrons. The van der Waals surface area contributed by atoms with Crippen LogP contribution in [0.4, 0.5) is 0 Å². The fourth-order valence-corrected chi connectivity index (χ4v) is 6.83. The summed E-state index contributed by atoms with van der Waals surface area (Å²) < 4.78 is 5.32. The standard InChI is InChI=1S/C23H35O2.2Y/c1-15-11-17(3)22(5)9-7-20(13-24)23(6,21(22)18(15)4)12-16(2)19-8-10-25-14-19;;/h8,10,14-18,20-21H,7,9,11-12H2,1-6H3;;/q-1;;/t15?,16?,17-,18?,20+,21?,22+,23+;;/m1../s1. The summed E-state index contributed by atoms with van der Waals surface area (Å²) in [6.07, 6.45) is 10.6. The van der Waals surface area contributed by atoms with Gasteiger partial charge in [-0.3, -0.25) is 6.29 Å². The van der Waals surface area contributed by atoms with Crippen molar-refractivity contribution in [3.63, 3.8) is 0 Å². The van der Waals surface area contributed by atoms with Gasteiger partial charge in [-0.05, 0) is 71.3 Å². The summed E-state index contributed by atoms with van der Waals surface area (Å²) in [4.78, 5) is 11.9. The largest absolute Gasteiger partial charge is 0.541 e. The molecular formula is C23H35O2Y2-. The van der Waals surface area contributed by atoms with E-state index in [1.807, 2.05) is 6.26 Å². The number of hydrogen-bond donors (Lipinski definition) is 0. The van der Waals surface area contributed by atoms with Crippen molar-refractivity contribution >= 4 is 6.29 Å². The minimum Gasteiger partial charge on any atom is -0.541 e. The quantitative estimate of drug-likeness (QED) is 0.440. The van der Waals surface area contributed by atoms with Crippen molar-refractivity contribution in [2.45, 2.75) is 73.1 Å². The van der Waals surface area contributed by atoms with E-state index in [4.69, 9.17) is 4.42 Å². The third kappa shape index (κ3) is 4.60. The first-order valence-electron chi connectivity index (χ1n) is 10.1. The van der Waals surface area contributed by atoms with Gasteiger partial charge in [-0.25, -0.2) is 0 Å². The molecule has 0 spiro atoms. The van der Waals surface area contributed by atoms with Crippen LogP contribution in [-0.2, 0) is 70.2 Å². The van der Waals surface area contributed by atoms with Crippen molar-refractivity contribution in [2.24, 2.45) is 40.4 Å². The molecule has 1 aromatic heterocycles. The van der Waals surface area contributed by atoms with E-state index < -0.39 is 0 Å². The zero-order valence-corrected chi connectivity index (χ0v) is 23.7. The van der Waals surface area contributed by atoms with Crippen LogP contribution in [0.15, 0.2) is 23.0 Å². The van der Waals surface area contributed by atoms with Crippen LogP contribution < -0.4 is 0 Å². The second-order valence-electron chi connectivity index (χ2n) is 9.83. The molecule has 3 rings (SSSR count). The molecule has 2 nitrogen and oxygen atoms in total.